The largest absolute Gasteiger partial charge is 0.496 e. The Labute approximate surface area is 202 Å². The summed E-state index contributed by atoms with van der Waals surface area (Å²) in [7, 11) is 1.42. The average Bonchev–Trinajstić information content (AvgIpc) is 3.51. The van der Waals surface area contributed by atoms with Gasteiger partial charge in [0.25, 0.3) is 11.8 Å². The summed E-state index contributed by atoms with van der Waals surface area (Å²) in [5.41, 5.74) is 14.1. The third-order valence-corrected chi connectivity index (χ3v) is 6.31. The van der Waals surface area contributed by atoms with Gasteiger partial charge in [-0.25, -0.2) is 9.07 Å². The number of hydrogen-bond donors (Lipinski definition) is 3. The van der Waals surface area contributed by atoms with Crippen LogP contribution in [0, 0.1) is 11.7 Å². The SMILES string of the molecule is COc1ccc(F)cc1C(=O)NCc1ccc(-c2nn([C@H](C)[C@H]3CCOC3)c(N)c2C(N)=O)cc1. The van der Waals surface area contributed by atoms with E-state index in [1.807, 2.05) is 6.92 Å². The minimum absolute atomic E-state index is 0.0568. The number of halogens is 1. The number of benzene rings is 2. The van der Waals surface area contributed by atoms with Gasteiger partial charge in [0.15, 0.2) is 0 Å². The summed E-state index contributed by atoms with van der Waals surface area (Å²) < 4.78 is 25.8. The molecule has 10 heteroatoms. The van der Waals surface area contributed by atoms with Crippen LogP contribution in [0.5, 0.6) is 5.75 Å². The molecule has 2 amide bonds. The highest BCUT2D eigenvalue weighted by Crippen LogP contribution is 2.33. The summed E-state index contributed by atoms with van der Waals surface area (Å²) in [6.45, 7) is 3.51. The van der Waals surface area contributed by atoms with E-state index in [1.165, 1.54) is 19.2 Å². The van der Waals surface area contributed by atoms with Crippen LogP contribution < -0.4 is 21.5 Å². The van der Waals surface area contributed by atoms with Gasteiger partial charge in [-0.3, -0.25) is 9.59 Å². The Kier molecular flexibility index (Phi) is 7.02. The topological polar surface area (TPSA) is 134 Å². The van der Waals surface area contributed by atoms with Crippen molar-refractivity contribution in [3.05, 3.63) is 65.0 Å². The number of nitrogens with two attached hydrogens (primary N) is 2. The van der Waals surface area contributed by atoms with E-state index in [0.29, 0.717) is 24.5 Å². The van der Waals surface area contributed by atoms with Gasteiger partial charge in [0.1, 0.15) is 28.6 Å². The number of nitrogens with one attached hydrogen (secondary N) is 1. The number of nitrogens with zero attached hydrogens (tertiary/aromatic N) is 2. The molecule has 0 unspecified atom stereocenters. The van der Waals surface area contributed by atoms with Crippen molar-refractivity contribution < 1.29 is 23.5 Å². The quantitative estimate of drug-likeness (QED) is 0.453. The molecule has 2 atom stereocenters. The molecule has 0 spiro atoms. The number of rotatable bonds is 8. The highest BCUT2D eigenvalue weighted by atomic mass is 19.1. The van der Waals surface area contributed by atoms with E-state index in [9.17, 15) is 14.0 Å². The van der Waals surface area contributed by atoms with Crippen molar-refractivity contribution in [3.63, 3.8) is 0 Å². The van der Waals surface area contributed by atoms with Gasteiger partial charge in [0, 0.05) is 24.6 Å². The molecule has 0 aliphatic carbocycles. The zero-order valence-electron chi connectivity index (χ0n) is 19.6. The second-order valence-electron chi connectivity index (χ2n) is 8.51. The molecule has 3 aromatic rings. The van der Waals surface area contributed by atoms with E-state index in [2.05, 4.69) is 10.4 Å². The highest BCUT2D eigenvalue weighted by Gasteiger charge is 2.29. The standard InChI is InChI=1S/C25H28FN5O4/c1-14(17-9-10-35-13-17)31-23(27)21(24(28)32)22(30-31)16-5-3-15(4-6-16)12-29-25(33)19-11-18(26)7-8-20(19)34-2/h3-8,11,14,17H,9-10,12-13,27H2,1-2H3,(H2,28,32)(H,29,33)/t14-,17+/m1/s1. The molecule has 9 nitrogen and oxygen atoms in total. The molecule has 1 saturated heterocycles. The van der Waals surface area contributed by atoms with Gasteiger partial charge in [-0.2, -0.15) is 5.10 Å². The van der Waals surface area contributed by atoms with E-state index in [1.54, 1.807) is 28.9 Å². The fourth-order valence-electron chi connectivity index (χ4n) is 4.25. The number of ether oxygens (including phenoxy) is 2. The van der Waals surface area contributed by atoms with Crippen LogP contribution in [0.2, 0.25) is 0 Å². The Bertz CT molecular complexity index is 1240. The number of hydrogen-bond acceptors (Lipinski definition) is 6. The minimum Gasteiger partial charge on any atom is -0.496 e. The monoisotopic (exact) mass is 481 g/mol. The molecule has 2 aromatic carbocycles. The van der Waals surface area contributed by atoms with Crippen LogP contribution in [-0.4, -0.2) is 41.9 Å². The molecule has 0 saturated carbocycles. The molecule has 1 aliphatic heterocycles. The number of nitrogen functional groups attached to an aromatic ring is 1. The molecule has 5 N–H and O–H groups in total. The first-order chi connectivity index (χ1) is 16.8. The van der Waals surface area contributed by atoms with Crippen LogP contribution in [0.3, 0.4) is 0 Å². The second kappa shape index (κ2) is 10.1. The molecule has 2 heterocycles. The van der Waals surface area contributed by atoms with Gasteiger partial charge in [-0.05, 0) is 37.1 Å². The van der Waals surface area contributed by atoms with E-state index >= 15 is 0 Å². The van der Waals surface area contributed by atoms with Crippen LogP contribution in [-0.2, 0) is 11.3 Å². The number of methoxy groups -OCH3 is 1. The summed E-state index contributed by atoms with van der Waals surface area (Å²) in [6.07, 6.45) is 0.892. The Morgan fingerprint density at radius 3 is 2.66 bits per heavy atom. The predicted molar refractivity (Wildman–Crippen MR) is 128 cm³/mol. The number of amides is 2. The van der Waals surface area contributed by atoms with Crippen molar-refractivity contribution in [1.29, 1.82) is 0 Å². The molecule has 1 fully saturated rings. The smallest absolute Gasteiger partial charge is 0.255 e. The van der Waals surface area contributed by atoms with Crippen molar-refractivity contribution in [1.82, 2.24) is 15.1 Å². The van der Waals surface area contributed by atoms with E-state index in [0.717, 1.165) is 18.1 Å². The van der Waals surface area contributed by atoms with Crippen molar-refractivity contribution in [2.24, 2.45) is 11.7 Å². The normalized spacial score (nSPS) is 16.1. The molecule has 0 radical (unpaired) electrons. The summed E-state index contributed by atoms with van der Waals surface area (Å²) in [4.78, 5) is 24.7. The Hall–Kier alpha value is -3.92. The summed E-state index contributed by atoms with van der Waals surface area (Å²) in [5.74, 6) is -0.888. The van der Waals surface area contributed by atoms with E-state index in [4.69, 9.17) is 20.9 Å². The number of primary amides is 1. The van der Waals surface area contributed by atoms with Gasteiger partial charge >= 0.3 is 0 Å². The van der Waals surface area contributed by atoms with Crippen LogP contribution in [0.25, 0.3) is 11.3 Å². The lowest BCUT2D eigenvalue weighted by molar-refractivity contribution is 0.0946. The van der Waals surface area contributed by atoms with Crippen LogP contribution in [0.15, 0.2) is 42.5 Å². The first-order valence-corrected chi connectivity index (χ1v) is 11.3. The maximum Gasteiger partial charge on any atom is 0.255 e. The fraction of sp³-hybridized carbons (Fsp3) is 0.320. The minimum atomic E-state index is -0.654. The number of aromatic nitrogens is 2. The van der Waals surface area contributed by atoms with E-state index in [-0.39, 0.29) is 41.2 Å². The molecule has 0 bridgehead atoms. The van der Waals surface area contributed by atoms with Crippen LogP contribution >= 0.6 is 0 Å². The molecule has 1 aromatic heterocycles. The first kappa shape index (κ1) is 24.2. The van der Waals surface area contributed by atoms with Crippen molar-refractivity contribution in [2.75, 3.05) is 26.1 Å². The number of anilines is 1. The lowest BCUT2D eigenvalue weighted by Gasteiger charge is -2.19. The Balaban J connectivity index is 1.52. The second-order valence-corrected chi connectivity index (χ2v) is 8.51. The van der Waals surface area contributed by atoms with Crippen molar-refractivity contribution in [3.8, 4) is 17.0 Å². The zero-order valence-corrected chi connectivity index (χ0v) is 19.6. The first-order valence-electron chi connectivity index (χ1n) is 11.3. The Morgan fingerprint density at radius 2 is 2.03 bits per heavy atom. The molecule has 35 heavy (non-hydrogen) atoms. The fourth-order valence-corrected chi connectivity index (χ4v) is 4.25. The van der Waals surface area contributed by atoms with Crippen molar-refractivity contribution >= 4 is 17.6 Å². The maximum atomic E-state index is 13.6. The average molecular weight is 482 g/mol. The van der Waals surface area contributed by atoms with Crippen LogP contribution in [0.4, 0.5) is 10.2 Å². The molecule has 184 valence electrons. The lowest BCUT2D eigenvalue weighted by atomic mass is 10.0. The molecular formula is C25H28FN5O4. The maximum absolute atomic E-state index is 13.6. The lowest BCUT2D eigenvalue weighted by Crippen LogP contribution is -2.23. The summed E-state index contributed by atoms with van der Waals surface area (Å²) >= 11 is 0. The zero-order chi connectivity index (χ0) is 25.1. The van der Waals surface area contributed by atoms with Gasteiger partial charge in [-0.1, -0.05) is 24.3 Å². The predicted octanol–water partition coefficient (Wildman–Crippen LogP) is 2.91. The molecular weight excluding hydrogens is 453 g/mol. The number of carbonyl (C=O) groups is 2. The third kappa shape index (κ3) is 4.97. The van der Waals surface area contributed by atoms with Gasteiger partial charge in [0.2, 0.25) is 0 Å². The van der Waals surface area contributed by atoms with Gasteiger partial charge in [-0.15, -0.1) is 0 Å². The van der Waals surface area contributed by atoms with Gasteiger partial charge in [0.05, 0.1) is 25.3 Å². The summed E-state index contributed by atoms with van der Waals surface area (Å²) in [5, 5.41) is 7.39. The van der Waals surface area contributed by atoms with E-state index < -0.39 is 17.6 Å². The highest BCUT2D eigenvalue weighted by molar-refractivity contribution is 6.03. The summed E-state index contributed by atoms with van der Waals surface area (Å²) in [6, 6.07) is 10.9. The van der Waals surface area contributed by atoms with Gasteiger partial charge < -0.3 is 26.3 Å². The third-order valence-electron chi connectivity index (χ3n) is 6.31. The number of carbonyl (C=O) groups excluding carboxylic acids is 2. The molecule has 1 aliphatic rings. The van der Waals surface area contributed by atoms with Crippen LogP contribution in [0.1, 0.15) is 45.7 Å². The Morgan fingerprint density at radius 1 is 1.29 bits per heavy atom. The molecule has 4 rings (SSSR count). The van der Waals surface area contributed by atoms with Crippen molar-refractivity contribution in [2.45, 2.75) is 25.9 Å².